The molecule has 0 saturated carbocycles. The van der Waals surface area contributed by atoms with Gasteiger partial charge in [0.05, 0.1) is 0 Å². The van der Waals surface area contributed by atoms with E-state index >= 15 is 0 Å². The number of nitrogens with one attached hydrogen (secondary N) is 1. The van der Waals surface area contributed by atoms with Gasteiger partial charge in [0.2, 0.25) is 0 Å². The van der Waals surface area contributed by atoms with Crippen LogP contribution in [0.3, 0.4) is 0 Å². The van der Waals surface area contributed by atoms with Gasteiger partial charge in [-0.05, 0) is 0 Å². The van der Waals surface area contributed by atoms with Crippen molar-refractivity contribution >= 4 is 28.8 Å². The smallest absolute Gasteiger partial charge is 0.401 e. The van der Waals surface area contributed by atoms with E-state index in [9.17, 15) is 0 Å². The van der Waals surface area contributed by atoms with Crippen LogP contribution in [-0.4, -0.2) is 28.7 Å². The molecule has 3 nitrogen and oxygen atoms in total. The maximum absolute atomic E-state index is 8.77. The van der Waals surface area contributed by atoms with E-state index in [1.807, 2.05) is 11.8 Å². The predicted octanol–water partition coefficient (Wildman–Crippen LogP) is 1.18. The van der Waals surface area contributed by atoms with E-state index in [1.54, 1.807) is 0 Å². The fourth-order valence-electron chi connectivity index (χ4n) is 0.361. The lowest BCUT2D eigenvalue weighted by Gasteiger charge is -1.74. The van der Waals surface area contributed by atoms with Crippen LogP contribution in [0.25, 0.3) is 0 Å². The summed E-state index contributed by atoms with van der Waals surface area (Å²) in [5.74, 6) is 2.47. The van der Waals surface area contributed by atoms with Crippen LogP contribution < -0.4 is 5.32 Å². The highest BCUT2D eigenvalue weighted by Gasteiger charge is 1.93. The molecule has 1 aliphatic rings. The van der Waals surface area contributed by atoms with Crippen LogP contribution in [0.1, 0.15) is 0 Å². The average molecular weight is 170 g/mol. The summed E-state index contributed by atoms with van der Waals surface area (Å²) in [7, 11) is 0. The van der Waals surface area contributed by atoms with Crippen LogP contribution in [0.5, 0.6) is 0 Å². The molecule has 0 radical (unpaired) electrons. The van der Waals surface area contributed by atoms with Crippen molar-refractivity contribution in [2.75, 3.05) is 18.2 Å². The standard InChI is InChI=1S/C3H7NS.CHClO2/c1-2-5-3-4-1;2-1(3)4/h4H,1-3H2;(H,3,4). The molecule has 54 valence electrons. The van der Waals surface area contributed by atoms with Gasteiger partial charge in [0.25, 0.3) is 0 Å². The van der Waals surface area contributed by atoms with Crippen LogP contribution in [-0.2, 0) is 0 Å². The Balaban J connectivity index is 0.000000148. The van der Waals surface area contributed by atoms with Crippen LogP contribution in [0.4, 0.5) is 4.79 Å². The monoisotopic (exact) mass is 169 g/mol. The summed E-state index contributed by atoms with van der Waals surface area (Å²) in [6.07, 6.45) is 0. The Bertz CT molecular complexity index is 75.0. The zero-order valence-corrected chi connectivity index (χ0v) is 6.34. The molecular weight excluding hydrogens is 162 g/mol. The lowest BCUT2D eigenvalue weighted by molar-refractivity contribution is 0.220. The second-order valence-corrected chi connectivity index (χ2v) is 2.73. The first-order chi connectivity index (χ1) is 4.23. The van der Waals surface area contributed by atoms with Crippen molar-refractivity contribution in [3.63, 3.8) is 0 Å². The molecule has 0 spiro atoms. The second-order valence-electron chi connectivity index (χ2n) is 1.31. The summed E-state index contributed by atoms with van der Waals surface area (Å²) in [6.45, 7) is 1.21. The molecule has 1 rings (SSSR count). The first-order valence-corrected chi connectivity index (χ1v) is 3.93. The summed E-state index contributed by atoms with van der Waals surface area (Å²) < 4.78 is 0. The molecule has 0 unspecified atom stereocenters. The van der Waals surface area contributed by atoms with Crippen LogP contribution in [0, 0.1) is 0 Å². The molecule has 1 fully saturated rings. The molecule has 5 heteroatoms. The Morgan fingerprint density at radius 1 is 1.78 bits per heavy atom. The van der Waals surface area contributed by atoms with Gasteiger partial charge in [-0.25, -0.2) is 4.79 Å². The molecular formula is C4H8ClNO2S. The van der Waals surface area contributed by atoms with E-state index in [-0.39, 0.29) is 0 Å². The Morgan fingerprint density at radius 3 is 2.44 bits per heavy atom. The van der Waals surface area contributed by atoms with Gasteiger partial charge in [0.1, 0.15) is 0 Å². The summed E-state index contributed by atoms with van der Waals surface area (Å²) in [6, 6.07) is 0. The molecule has 0 bridgehead atoms. The Morgan fingerprint density at radius 2 is 2.33 bits per heavy atom. The summed E-state index contributed by atoms with van der Waals surface area (Å²) >= 11 is 6.15. The van der Waals surface area contributed by atoms with Crippen molar-refractivity contribution in [2.45, 2.75) is 0 Å². The minimum atomic E-state index is -1.36. The van der Waals surface area contributed by atoms with Crippen molar-refractivity contribution in [3.8, 4) is 0 Å². The van der Waals surface area contributed by atoms with E-state index in [1.165, 1.54) is 18.2 Å². The fraction of sp³-hybridized carbons (Fsp3) is 0.750. The van der Waals surface area contributed by atoms with Crippen molar-refractivity contribution < 1.29 is 9.90 Å². The van der Waals surface area contributed by atoms with Crippen molar-refractivity contribution in [1.29, 1.82) is 0 Å². The maximum Gasteiger partial charge on any atom is 0.401 e. The SMILES string of the molecule is C1CSCN1.O=C(O)Cl. The van der Waals surface area contributed by atoms with Crippen molar-refractivity contribution in [1.82, 2.24) is 5.32 Å². The summed E-state index contributed by atoms with van der Waals surface area (Å²) in [5.41, 5.74) is -1.36. The third-order valence-corrected chi connectivity index (χ3v) is 1.53. The van der Waals surface area contributed by atoms with Gasteiger partial charge in [-0.3, -0.25) is 0 Å². The Labute approximate surface area is 62.8 Å². The van der Waals surface area contributed by atoms with Crippen LogP contribution in [0.2, 0.25) is 0 Å². The van der Waals surface area contributed by atoms with Crippen molar-refractivity contribution in [2.24, 2.45) is 0 Å². The number of hydrogen-bond donors (Lipinski definition) is 2. The average Bonchev–Trinajstić information content (AvgIpc) is 2.11. The number of carbonyl (C=O) groups is 1. The molecule has 0 atom stereocenters. The highest BCUT2D eigenvalue weighted by atomic mass is 35.5. The van der Waals surface area contributed by atoms with Crippen LogP contribution >= 0.6 is 23.4 Å². The van der Waals surface area contributed by atoms with Crippen molar-refractivity contribution in [3.05, 3.63) is 0 Å². The summed E-state index contributed by atoms with van der Waals surface area (Å²) in [4.78, 5) is 8.77. The van der Waals surface area contributed by atoms with Gasteiger partial charge >= 0.3 is 5.43 Å². The first kappa shape index (κ1) is 9.07. The van der Waals surface area contributed by atoms with Gasteiger partial charge in [-0.15, -0.1) is 11.8 Å². The van der Waals surface area contributed by atoms with Gasteiger partial charge in [0, 0.05) is 29.8 Å². The first-order valence-electron chi connectivity index (χ1n) is 2.40. The minimum Gasteiger partial charge on any atom is -0.469 e. The molecule has 0 aliphatic carbocycles. The molecule has 1 heterocycles. The van der Waals surface area contributed by atoms with Gasteiger partial charge in [0.15, 0.2) is 0 Å². The highest BCUT2D eigenvalue weighted by molar-refractivity contribution is 7.99. The van der Waals surface area contributed by atoms with Gasteiger partial charge < -0.3 is 10.4 Å². The van der Waals surface area contributed by atoms with Crippen LogP contribution in [0.15, 0.2) is 0 Å². The molecule has 1 saturated heterocycles. The Kier molecular flexibility index (Phi) is 6.24. The molecule has 1 aliphatic heterocycles. The highest BCUT2D eigenvalue weighted by Crippen LogP contribution is 1.99. The molecule has 0 aromatic rings. The summed E-state index contributed by atoms with van der Waals surface area (Å²) in [5, 5.41) is 10.4. The molecule has 0 aromatic carbocycles. The van der Waals surface area contributed by atoms with Gasteiger partial charge in [-0.1, -0.05) is 0 Å². The normalized spacial score (nSPS) is 16.1. The van der Waals surface area contributed by atoms with Gasteiger partial charge in [-0.2, -0.15) is 0 Å². The number of thioether (sulfide) groups is 1. The number of rotatable bonds is 0. The maximum atomic E-state index is 8.77. The quantitative estimate of drug-likeness (QED) is 0.535. The third-order valence-electron chi connectivity index (χ3n) is 0.627. The number of carboxylic acid groups (broad SMARTS) is 1. The zero-order chi connectivity index (χ0) is 7.11. The molecule has 0 amide bonds. The van der Waals surface area contributed by atoms with E-state index in [0.29, 0.717) is 0 Å². The lowest BCUT2D eigenvalue weighted by Crippen LogP contribution is -2.04. The molecule has 2 N–H and O–H groups in total. The Hall–Kier alpha value is 0.0700. The fourth-order valence-corrected chi connectivity index (χ4v) is 1.08. The third kappa shape index (κ3) is 11.6. The topological polar surface area (TPSA) is 49.3 Å². The number of hydrogen-bond acceptors (Lipinski definition) is 3. The number of halogens is 1. The predicted molar refractivity (Wildman–Crippen MR) is 39.2 cm³/mol. The lowest BCUT2D eigenvalue weighted by atomic mass is 10.8. The van der Waals surface area contributed by atoms with E-state index < -0.39 is 5.43 Å². The van der Waals surface area contributed by atoms with E-state index in [0.717, 1.165) is 0 Å². The van der Waals surface area contributed by atoms with E-state index in [2.05, 4.69) is 16.9 Å². The largest absolute Gasteiger partial charge is 0.469 e. The minimum absolute atomic E-state index is 1.17. The van der Waals surface area contributed by atoms with E-state index in [4.69, 9.17) is 9.90 Å². The molecule has 0 aromatic heterocycles. The second kappa shape index (κ2) is 6.19. The molecule has 9 heavy (non-hydrogen) atoms. The zero-order valence-electron chi connectivity index (χ0n) is 4.76.